The van der Waals surface area contributed by atoms with E-state index in [0.29, 0.717) is 24.5 Å². The molecule has 1 heterocycles. The molecule has 0 aliphatic rings. The van der Waals surface area contributed by atoms with E-state index in [9.17, 15) is 22.8 Å². The molecule has 0 aliphatic heterocycles. The number of alkyl halides is 3. The van der Waals surface area contributed by atoms with Crippen LogP contribution in [0.25, 0.3) is 11.3 Å². The number of aromatic nitrogens is 1. The summed E-state index contributed by atoms with van der Waals surface area (Å²) >= 11 is 0. The predicted molar refractivity (Wildman–Crippen MR) is 87.0 cm³/mol. The highest BCUT2D eigenvalue weighted by atomic mass is 19.4. The van der Waals surface area contributed by atoms with Crippen molar-refractivity contribution in [3.63, 3.8) is 0 Å². The van der Waals surface area contributed by atoms with E-state index in [1.165, 1.54) is 0 Å². The summed E-state index contributed by atoms with van der Waals surface area (Å²) in [7, 11) is 0. The largest absolute Gasteiger partial charge is 0.441 e. The molecule has 0 fully saturated rings. The fraction of sp³-hybridized carbons (Fsp3) is 0.353. The van der Waals surface area contributed by atoms with Crippen molar-refractivity contribution in [3.05, 3.63) is 42.4 Å². The van der Waals surface area contributed by atoms with E-state index in [4.69, 9.17) is 4.42 Å². The molecule has 1 aromatic heterocycles. The van der Waals surface area contributed by atoms with Gasteiger partial charge in [0.1, 0.15) is 6.54 Å². The van der Waals surface area contributed by atoms with Crippen molar-refractivity contribution in [3.8, 4) is 11.3 Å². The van der Waals surface area contributed by atoms with Crippen molar-refractivity contribution in [2.24, 2.45) is 0 Å². The zero-order chi connectivity index (χ0) is 19.0. The molecule has 0 saturated heterocycles. The molecule has 0 spiro atoms. The first-order chi connectivity index (χ1) is 12.3. The number of nitrogens with zero attached hydrogens (tertiary/aromatic N) is 1. The molecule has 0 saturated carbocycles. The fourth-order valence-electron chi connectivity index (χ4n) is 2.09. The Hall–Kier alpha value is -2.84. The first-order valence-corrected chi connectivity index (χ1v) is 7.94. The van der Waals surface area contributed by atoms with E-state index in [0.717, 1.165) is 5.56 Å². The number of rotatable bonds is 8. The van der Waals surface area contributed by atoms with Crippen molar-refractivity contribution in [2.45, 2.75) is 25.4 Å². The highest BCUT2D eigenvalue weighted by Gasteiger charge is 2.27. The van der Waals surface area contributed by atoms with E-state index in [-0.39, 0.29) is 6.42 Å². The lowest BCUT2D eigenvalue weighted by Gasteiger charge is -2.09. The van der Waals surface area contributed by atoms with Gasteiger partial charge < -0.3 is 15.1 Å². The maximum Gasteiger partial charge on any atom is 0.405 e. The summed E-state index contributed by atoms with van der Waals surface area (Å²) in [6.07, 6.45) is -1.90. The SMILES string of the molecule is O=C(CCCc1ncc(-c2ccccc2)o1)NCC(=O)NCC(F)(F)F. The number of nitrogens with one attached hydrogen (secondary N) is 2. The van der Waals surface area contributed by atoms with Crippen molar-refractivity contribution in [2.75, 3.05) is 13.1 Å². The Balaban J connectivity index is 1.66. The van der Waals surface area contributed by atoms with E-state index in [2.05, 4.69) is 10.3 Å². The number of amides is 2. The van der Waals surface area contributed by atoms with Crippen LogP contribution in [0, 0.1) is 0 Å². The van der Waals surface area contributed by atoms with E-state index in [1.54, 1.807) is 11.5 Å². The molecule has 2 aromatic rings. The number of hydrogen-bond acceptors (Lipinski definition) is 4. The minimum atomic E-state index is -4.48. The van der Waals surface area contributed by atoms with Gasteiger partial charge in [0.05, 0.1) is 12.7 Å². The van der Waals surface area contributed by atoms with E-state index >= 15 is 0 Å². The van der Waals surface area contributed by atoms with Crippen LogP contribution in [-0.4, -0.2) is 36.1 Å². The minimum Gasteiger partial charge on any atom is -0.441 e. The highest BCUT2D eigenvalue weighted by molar-refractivity contribution is 5.84. The Morgan fingerprint density at radius 2 is 1.81 bits per heavy atom. The molecule has 0 unspecified atom stereocenters. The van der Waals surface area contributed by atoms with Crippen molar-refractivity contribution in [1.29, 1.82) is 0 Å². The molecule has 0 radical (unpaired) electrons. The fourth-order valence-corrected chi connectivity index (χ4v) is 2.09. The Morgan fingerprint density at radius 1 is 1.08 bits per heavy atom. The van der Waals surface area contributed by atoms with Crippen LogP contribution in [0.15, 0.2) is 40.9 Å². The van der Waals surface area contributed by atoms with Crippen LogP contribution >= 0.6 is 0 Å². The number of hydrogen-bond donors (Lipinski definition) is 2. The van der Waals surface area contributed by atoms with Gasteiger partial charge in [-0.05, 0) is 6.42 Å². The Kier molecular flexibility index (Phi) is 6.76. The van der Waals surface area contributed by atoms with E-state index < -0.39 is 31.1 Å². The minimum absolute atomic E-state index is 0.107. The van der Waals surface area contributed by atoms with Crippen LogP contribution in [0.2, 0.25) is 0 Å². The second-order valence-electron chi connectivity index (χ2n) is 5.51. The number of oxazole rings is 1. The highest BCUT2D eigenvalue weighted by Crippen LogP contribution is 2.20. The second kappa shape index (κ2) is 9.02. The van der Waals surface area contributed by atoms with Crippen LogP contribution in [-0.2, 0) is 16.0 Å². The van der Waals surface area contributed by atoms with Gasteiger partial charge in [0.2, 0.25) is 11.8 Å². The van der Waals surface area contributed by atoms with E-state index in [1.807, 2.05) is 30.3 Å². The normalized spacial score (nSPS) is 11.2. The first kappa shape index (κ1) is 19.5. The molecule has 1 aromatic carbocycles. The number of carbonyl (C=O) groups is 2. The Labute approximate surface area is 147 Å². The standard InChI is InChI=1S/C17H18F3N3O3/c18-17(19,20)11-23-15(25)10-21-14(24)7-4-8-16-22-9-13(26-16)12-5-2-1-3-6-12/h1-3,5-6,9H,4,7-8,10-11H2,(H,21,24)(H,23,25). The lowest BCUT2D eigenvalue weighted by atomic mass is 10.2. The summed E-state index contributed by atoms with van der Waals surface area (Å²) in [5.41, 5.74) is 0.897. The lowest BCUT2D eigenvalue weighted by molar-refractivity contribution is -0.138. The monoisotopic (exact) mass is 369 g/mol. The van der Waals surface area contributed by atoms with Gasteiger partial charge in [-0.15, -0.1) is 0 Å². The molecule has 0 bridgehead atoms. The van der Waals surface area contributed by atoms with Gasteiger partial charge in [-0.25, -0.2) is 4.98 Å². The molecule has 2 N–H and O–H groups in total. The van der Waals surface area contributed by atoms with Gasteiger partial charge in [-0.1, -0.05) is 30.3 Å². The van der Waals surface area contributed by atoms with Gasteiger partial charge >= 0.3 is 6.18 Å². The van der Waals surface area contributed by atoms with Gasteiger partial charge in [0, 0.05) is 18.4 Å². The average Bonchev–Trinajstić information content (AvgIpc) is 3.07. The van der Waals surface area contributed by atoms with Gasteiger partial charge in [-0.2, -0.15) is 13.2 Å². The van der Waals surface area contributed by atoms with Crippen molar-refractivity contribution < 1.29 is 27.2 Å². The third-order valence-corrected chi connectivity index (χ3v) is 3.34. The van der Waals surface area contributed by atoms with Crippen molar-refractivity contribution in [1.82, 2.24) is 15.6 Å². The third kappa shape index (κ3) is 6.96. The molecule has 2 amide bonds. The summed E-state index contributed by atoms with van der Waals surface area (Å²) in [4.78, 5) is 26.9. The summed E-state index contributed by atoms with van der Waals surface area (Å²) in [5.74, 6) is -0.205. The number of aryl methyl sites for hydroxylation is 1. The van der Waals surface area contributed by atoms with Crippen molar-refractivity contribution >= 4 is 11.8 Å². The van der Waals surface area contributed by atoms with Crippen LogP contribution in [0.3, 0.4) is 0 Å². The van der Waals surface area contributed by atoms with Crippen LogP contribution in [0.5, 0.6) is 0 Å². The second-order valence-corrected chi connectivity index (χ2v) is 5.51. The summed E-state index contributed by atoms with van der Waals surface area (Å²) in [5, 5.41) is 3.94. The van der Waals surface area contributed by atoms with Gasteiger partial charge in [-0.3, -0.25) is 9.59 Å². The van der Waals surface area contributed by atoms with Crippen LogP contribution in [0.4, 0.5) is 13.2 Å². The molecular weight excluding hydrogens is 351 g/mol. The maximum absolute atomic E-state index is 11.9. The molecule has 9 heteroatoms. The zero-order valence-corrected chi connectivity index (χ0v) is 13.8. The average molecular weight is 369 g/mol. The van der Waals surface area contributed by atoms with Gasteiger partial charge in [0.15, 0.2) is 11.7 Å². The zero-order valence-electron chi connectivity index (χ0n) is 13.8. The quantitative estimate of drug-likeness (QED) is 0.749. The smallest absolute Gasteiger partial charge is 0.405 e. The predicted octanol–water partition coefficient (Wildman–Crippen LogP) is 2.46. The summed E-state index contributed by atoms with van der Waals surface area (Å²) in [6.45, 7) is -1.91. The van der Waals surface area contributed by atoms with Crippen LogP contribution in [0.1, 0.15) is 18.7 Å². The first-order valence-electron chi connectivity index (χ1n) is 7.94. The molecule has 0 aliphatic carbocycles. The summed E-state index contributed by atoms with van der Waals surface area (Å²) < 4.78 is 41.4. The number of benzene rings is 1. The Morgan fingerprint density at radius 3 is 2.50 bits per heavy atom. The summed E-state index contributed by atoms with van der Waals surface area (Å²) in [6, 6.07) is 9.44. The maximum atomic E-state index is 11.9. The Bertz CT molecular complexity index is 730. The lowest BCUT2D eigenvalue weighted by Crippen LogP contribution is -2.40. The molecule has 0 atom stereocenters. The third-order valence-electron chi connectivity index (χ3n) is 3.34. The van der Waals surface area contributed by atoms with Crippen LogP contribution < -0.4 is 10.6 Å². The number of carbonyl (C=O) groups excluding carboxylic acids is 2. The number of halogens is 3. The molecular formula is C17H18F3N3O3. The molecule has 26 heavy (non-hydrogen) atoms. The topological polar surface area (TPSA) is 84.2 Å². The molecule has 140 valence electrons. The van der Waals surface area contributed by atoms with Gasteiger partial charge in [0.25, 0.3) is 0 Å². The molecule has 2 rings (SSSR count). The molecule has 6 nitrogen and oxygen atoms in total.